The van der Waals surface area contributed by atoms with E-state index in [-0.39, 0.29) is 16.6 Å². The Morgan fingerprint density at radius 1 is 1.05 bits per heavy atom. The van der Waals surface area contributed by atoms with Gasteiger partial charge in [-0.05, 0) is 60.0 Å². The predicted octanol–water partition coefficient (Wildman–Crippen LogP) is 5.66. The summed E-state index contributed by atoms with van der Waals surface area (Å²) in [6.45, 7) is 13.7. The zero-order valence-corrected chi connectivity index (χ0v) is 14.3. The number of rotatable bonds is 1. The lowest BCUT2D eigenvalue weighted by atomic mass is 9.63. The fourth-order valence-corrected chi connectivity index (χ4v) is 4.49. The zero-order valence-electron chi connectivity index (χ0n) is 13.6. The second-order valence-electron chi connectivity index (χ2n) is 8.41. The summed E-state index contributed by atoms with van der Waals surface area (Å²) in [5, 5.41) is -0.138. The molecule has 1 saturated carbocycles. The number of halogens is 1. The van der Waals surface area contributed by atoms with Gasteiger partial charge in [-0.2, -0.15) is 0 Å². The van der Waals surface area contributed by atoms with Gasteiger partial charge < -0.3 is 0 Å². The minimum Gasteiger partial charge on any atom is -0.281 e. The van der Waals surface area contributed by atoms with Gasteiger partial charge in [0.05, 0.1) is 0 Å². The summed E-state index contributed by atoms with van der Waals surface area (Å²) < 4.78 is 0. The number of carbonyl (C=O) groups excluding carboxylic acids is 1. The van der Waals surface area contributed by atoms with E-state index in [1.807, 2.05) is 0 Å². The highest BCUT2D eigenvalue weighted by Crippen LogP contribution is 2.46. The van der Waals surface area contributed by atoms with Crippen LogP contribution in [0.3, 0.4) is 0 Å². The lowest BCUT2D eigenvalue weighted by Crippen LogP contribution is -2.35. The molecule has 2 heteroatoms. The van der Waals surface area contributed by atoms with Gasteiger partial charge in [-0.15, -0.1) is 0 Å². The first-order chi connectivity index (χ1) is 8.53. The van der Waals surface area contributed by atoms with E-state index < -0.39 is 0 Å². The molecule has 3 atom stereocenters. The van der Waals surface area contributed by atoms with Crippen LogP contribution in [0.25, 0.3) is 0 Å². The fourth-order valence-electron chi connectivity index (χ4n) is 4.10. The van der Waals surface area contributed by atoms with Crippen LogP contribution in [0.2, 0.25) is 0 Å². The van der Waals surface area contributed by atoms with Gasteiger partial charge in [-0.3, -0.25) is 4.79 Å². The molecule has 0 amide bonds. The molecule has 1 aliphatic carbocycles. The number of hydrogen-bond acceptors (Lipinski definition) is 1. The molecule has 0 aliphatic heterocycles. The van der Waals surface area contributed by atoms with Gasteiger partial charge in [0.15, 0.2) is 0 Å². The Morgan fingerprint density at radius 3 is 2.16 bits per heavy atom. The summed E-state index contributed by atoms with van der Waals surface area (Å²) in [4.78, 5) is 11.9. The lowest BCUT2D eigenvalue weighted by Gasteiger charge is -2.41. The Balaban J connectivity index is 2.99. The molecule has 0 aromatic carbocycles. The van der Waals surface area contributed by atoms with E-state index in [0.29, 0.717) is 11.3 Å². The maximum Gasteiger partial charge on any atom is 0.225 e. The normalized spacial score (nSPS) is 35.6. The number of carbonyl (C=O) groups is 1. The van der Waals surface area contributed by atoms with E-state index in [1.165, 1.54) is 19.3 Å². The van der Waals surface area contributed by atoms with Crippen LogP contribution in [0, 0.1) is 28.6 Å². The summed E-state index contributed by atoms with van der Waals surface area (Å²) in [5.74, 6) is 1.33. The van der Waals surface area contributed by atoms with Gasteiger partial charge in [-0.25, -0.2) is 0 Å². The van der Waals surface area contributed by atoms with Gasteiger partial charge in [0.2, 0.25) is 5.24 Å². The van der Waals surface area contributed by atoms with Crippen molar-refractivity contribution >= 4 is 16.8 Å². The van der Waals surface area contributed by atoms with Crippen molar-refractivity contribution in [1.29, 1.82) is 0 Å². The van der Waals surface area contributed by atoms with Crippen molar-refractivity contribution in [3.63, 3.8) is 0 Å². The highest BCUT2D eigenvalue weighted by Gasteiger charge is 2.40. The largest absolute Gasteiger partial charge is 0.281 e. The van der Waals surface area contributed by atoms with E-state index in [4.69, 9.17) is 11.6 Å². The van der Waals surface area contributed by atoms with Crippen molar-refractivity contribution in [2.45, 2.75) is 73.6 Å². The minimum atomic E-state index is -0.138. The molecule has 19 heavy (non-hydrogen) atoms. The van der Waals surface area contributed by atoms with Crippen LogP contribution >= 0.6 is 11.6 Å². The Kier molecular flexibility index (Phi) is 5.52. The van der Waals surface area contributed by atoms with E-state index in [0.717, 1.165) is 18.8 Å². The van der Waals surface area contributed by atoms with Gasteiger partial charge in [0.1, 0.15) is 0 Å². The molecule has 1 fully saturated rings. The molecule has 1 nitrogen and oxygen atoms in total. The van der Waals surface area contributed by atoms with Crippen LogP contribution in [0.15, 0.2) is 0 Å². The molecule has 112 valence electrons. The van der Waals surface area contributed by atoms with Gasteiger partial charge in [-0.1, -0.05) is 48.0 Å². The molecule has 1 aliphatic rings. The van der Waals surface area contributed by atoms with Gasteiger partial charge in [0.25, 0.3) is 0 Å². The summed E-state index contributed by atoms with van der Waals surface area (Å²) in [5.41, 5.74) is 0.292. The molecule has 0 aromatic heterocycles. The molecule has 0 N–H and O–H groups in total. The van der Waals surface area contributed by atoms with Crippen molar-refractivity contribution in [2.24, 2.45) is 28.6 Å². The van der Waals surface area contributed by atoms with E-state index in [2.05, 4.69) is 41.5 Å². The summed E-state index contributed by atoms with van der Waals surface area (Å²) in [6.07, 6.45) is 5.77. The minimum absolute atomic E-state index is 0.00281. The van der Waals surface area contributed by atoms with Crippen LogP contribution in [0.1, 0.15) is 73.6 Å². The monoisotopic (exact) mass is 286 g/mol. The average Bonchev–Trinajstić information content (AvgIpc) is 2.20. The van der Waals surface area contributed by atoms with Gasteiger partial charge in [0, 0.05) is 5.92 Å². The van der Waals surface area contributed by atoms with E-state index in [1.54, 1.807) is 0 Å². The molecule has 0 saturated heterocycles. The summed E-state index contributed by atoms with van der Waals surface area (Å²) in [7, 11) is 0. The molecule has 0 radical (unpaired) electrons. The quantitative estimate of drug-likeness (QED) is 0.569. The van der Waals surface area contributed by atoms with Crippen molar-refractivity contribution < 1.29 is 4.79 Å². The van der Waals surface area contributed by atoms with Crippen molar-refractivity contribution in [1.82, 2.24) is 0 Å². The van der Waals surface area contributed by atoms with Gasteiger partial charge >= 0.3 is 0 Å². The molecular formula is C17H31ClO. The maximum absolute atomic E-state index is 11.9. The fraction of sp³-hybridized carbons (Fsp3) is 0.941. The summed E-state index contributed by atoms with van der Waals surface area (Å²) in [6, 6.07) is 0. The Bertz CT molecular complexity index is 319. The molecular weight excluding hydrogens is 256 g/mol. The van der Waals surface area contributed by atoms with Crippen LogP contribution in [-0.2, 0) is 4.79 Å². The Labute approximate surface area is 124 Å². The molecule has 0 heterocycles. The Morgan fingerprint density at radius 2 is 1.63 bits per heavy atom. The smallest absolute Gasteiger partial charge is 0.225 e. The molecule has 3 unspecified atom stereocenters. The number of hydrogen-bond donors (Lipinski definition) is 0. The van der Waals surface area contributed by atoms with Crippen LogP contribution in [0.5, 0.6) is 0 Å². The predicted molar refractivity (Wildman–Crippen MR) is 83.3 cm³/mol. The Hall–Kier alpha value is -0.0400. The third-order valence-corrected chi connectivity index (χ3v) is 5.17. The average molecular weight is 287 g/mol. The topological polar surface area (TPSA) is 17.1 Å². The second-order valence-corrected chi connectivity index (χ2v) is 8.78. The van der Waals surface area contributed by atoms with Crippen molar-refractivity contribution in [3.05, 3.63) is 0 Å². The van der Waals surface area contributed by atoms with Crippen LogP contribution < -0.4 is 0 Å². The SMILES string of the molecule is CC1CCC(C)(C)CC(C)(C)C(C(=O)Cl)CC(C)C1. The highest BCUT2D eigenvalue weighted by atomic mass is 35.5. The first kappa shape index (κ1) is 17.0. The molecule has 1 rings (SSSR count). The van der Waals surface area contributed by atoms with Crippen molar-refractivity contribution in [3.8, 4) is 0 Å². The molecule has 0 bridgehead atoms. The zero-order chi connectivity index (χ0) is 14.8. The standard InChI is InChI=1S/C17H31ClO/c1-12-7-8-16(3,4)11-17(5,6)14(15(18)19)10-13(2)9-12/h12-14H,7-11H2,1-6H3. The van der Waals surface area contributed by atoms with Crippen LogP contribution in [0.4, 0.5) is 0 Å². The van der Waals surface area contributed by atoms with Crippen molar-refractivity contribution in [2.75, 3.05) is 0 Å². The van der Waals surface area contributed by atoms with E-state index in [9.17, 15) is 4.79 Å². The van der Waals surface area contributed by atoms with Crippen LogP contribution in [-0.4, -0.2) is 5.24 Å². The first-order valence-corrected chi connectivity index (χ1v) is 8.11. The highest BCUT2D eigenvalue weighted by molar-refractivity contribution is 6.64. The molecule has 0 spiro atoms. The first-order valence-electron chi connectivity index (χ1n) is 7.73. The lowest BCUT2D eigenvalue weighted by molar-refractivity contribution is -0.120. The summed E-state index contributed by atoms with van der Waals surface area (Å²) >= 11 is 5.92. The third-order valence-electron chi connectivity index (χ3n) is 4.91. The third kappa shape index (κ3) is 5.10. The van der Waals surface area contributed by atoms with E-state index >= 15 is 0 Å². The second kappa shape index (κ2) is 6.16. The maximum atomic E-state index is 11.9. The molecule has 0 aromatic rings.